The molecular weight excluding hydrogens is 350 g/mol. The van der Waals surface area contributed by atoms with Gasteiger partial charge < -0.3 is 19.5 Å². The summed E-state index contributed by atoms with van der Waals surface area (Å²) in [6, 6.07) is 16.4. The van der Waals surface area contributed by atoms with Crippen LogP contribution in [0, 0.1) is 0 Å². The summed E-state index contributed by atoms with van der Waals surface area (Å²) in [5, 5.41) is 3.44. The Hall–Kier alpha value is -2.20. The van der Waals surface area contributed by atoms with E-state index in [0.717, 1.165) is 43.4 Å². The second kappa shape index (κ2) is 13.9. The maximum absolute atomic E-state index is 5.81. The molecule has 2 rings (SSSR count). The summed E-state index contributed by atoms with van der Waals surface area (Å²) >= 11 is 0. The number of benzene rings is 2. The van der Waals surface area contributed by atoms with Crippen molar-refractivity contribution in [1.82, 2.24) is 0 Å². The predicted octanol–water partition coefficient (Wildman–Crippen LogP) is 6.06. The van der Waals surface area contributed by atoms with Crippen molar-refractivity contribution in [2.24, 2.45) is 0 Å². The normalized spacial score (nSPS) is 10.6. The zero-order chi connectivity index (χ0) is 19.9. The minimum Gasteiger partial charge on any atom is -0.494 e. The van der Waals surface area contributed by atoms with Gasteiger partial charge in [0, 0.05) is 18.8 Å². The van der Waals surface area contributed by atoms with E-state index in [-0.39, 0.29) is 0 Å². The number of hydrogen-bond acceptors (Lipinski definition) is 4. The first-order valence-electron chi connectivity index (χ1n) is 10.6. The van der Waals surface area contributed by atoms with Gasteiger partial charge in [0.05, 0.1) is 13.2 Å². The van der Waals surface area contributed by atoms with Crippen molar-refractivity contribution < 1.29 is 14.2 Å². The third kappa shape index (κ3) is 9.14. The molecule has 0 saturated carbocycles. The summed E-state index contributed by atoms with van der Waals surface area (Å²) in [7, 11) is 0. The highest BCUT2D eigenvalue weighted by Crippen LogP contribution is 2.18. The van der Waals surface area contributed by atoms with E-state index in [2.05, 4.69) is 36.5 Å². The number of rotatable bonds is 15. The molecule has 0 aromatic heterocycles. The summed E-state index contributed by atoms with van der Waals surface area (Å²) < 4.78 is 16.7. The molecule has 0 fully saturated rings. The number of hydrogen-bond donors (Lipinski definition) is 1. The van der Waals surface area contributed by atoms with Crippen LogP contribution in [0.2, 0.25) is 0 Å². The molecule has 0 amide bonds. The third-order valence-electron chi connectivity index (χ3n) is 4.49. The summed E-state index contributed by atoms with van der Waals surface area (Å²) in [5.41, 5.74) is 2.30. The maximum atomic E-state index is 5.81. The van der Waals surface area contributed by atoms with Gasteiger partial charge in [-0.1, -0.05) is 44.7 Å². The quantitative estimate of drug-likeness (QED) is 0.378. The Morgan fingerprint density at radius 3 is 2.00 bits per heavy atom. The van der Waals surface area contributed by atoms with Crippen LogP contribution in [0.1, 0.15) is 51.5 Å². The van der Waals surface area contributed by atoms with Crippen LogP contribution in [-0.4, -0.2) is 26.4 Å². The first kappa shape index (κ1) is 22.1. The largest absolute Gasteiger partial charge is 0.494 e. The van der Waals surface area contributed by atoms with E-state index in [1.54, 1.807) is 0 Å². The lowest BCUT2D eigenvalue weighted by Crippen LogP contribution is -2.06. The maximum Gasteiger partial charge on any atom is 0.119 e. The zero-order valence-electron chi connectivity index (χ0n) is 17.4. The number of nitrogens with one attached hydrogen (secondary N) is 1. The van der Waals surface area contributed by atoms with E-state index in [9.17, 15) is 0 Å². The third-order valence-corrected chi connectivity index (χ3v) is 4.49. The number of unbranched alkanes of at least 4 members (excludes halogenated alkanes) is 4. The van der Waals surface area contributed by atoms with Gasteiger partial charge in [-0.2, -0.15) is 0 Å². The van der Waals surface area contributed by atoms with Crippen molar-refractivity contribution >= 4 is 5.69 Å². The van der Waals surface area contributed by atoms with Crippen LogP contribution in [0.4, 0.5) is 5.69 Å². The summed E-state index contributed by atoms with van der Waals surface area (Å²) in [6.07, 6.45) is 6.30. The average molecular weight is 386 g/mol. The molecule has 4 nitrogen and oxygen atoms in total. The summed E-state index contributed by atoms with van der Waals surface area (Å²) in [5.74, 6) is 1.81. The van der Waals surface area contributed by atoms with Gasteiger partial charge in [0.25, 0.3) is 0 Å². The molecule has 0 saturated heterocycles. The second-order valence-electron chi connectivity index (χ2n) is 6.83. The molecule has 28 heavy (non-hydrogen) atoms. The Morgan fingerprint density at radius 1 is 0.679 bits per heavy atom. The molecule has 0 aliphatic carbocycles. The molecule has 0 atom stereocenters. The van der Waals surface area contributed by atoms with Gasteiger partial charge in [0.1, 0.15) is 18.1 Å². The Kier molecular flexibility index (Phi) is 11.0. The molecule has 0 radical (unpaired) electrons. The van der Waals surface area contributed by atoms with E-state index in [1.807, 2.05) is 31.2 Å². The topological polar surface area (TPSA) is 39.7 Å². The van der Waals surface area contributed by atoms with Crippen molar-refractivity contribution in [3.05, 3.63) is 54.1 Å². The van der Waals surface area contributed by atoms with Crippen LogP contribution in [0.15, 0.2) is 48.5 Å². The minimum atomic E-state index is 0.582. The second-order valence-corrected chi connectivity index (χ2v) is 6.83. The van der Waals surface area contributed by atoms with Gasteiger partial charge in [-0.05, 0) is 55.3 Å². The Labute approximate surface area is 170 Å². The molecule has 1 N–H and O–H groups in total. The molecule has 0 aliphatic heterocycles. The monoisotopic (exact) mass is 385 g/mol. The average Bonchev–Trinajstić information content (AvgIpc) is 2.74. The first-order chi connectivity index (χ1) is 13.8. The number of ether oxygens (including phenoxy) is 3. The fourth-order valence-corrected chi connectivity index (χ4v) is 2.84. The lowest BCUT2D eigenvalue weighted by Gasteiger charge is -2.10. The van der Waals surface area contributed by atoms with Crippen LogP contribution in [0.25, 0.3) is 0 Å². The van der Waals surface area contributed by atoms with E-state index in [1.165, 1.54) is 31.2 Å². The van der Waals surface area contributed by atoms with Gasteiger partial charge in [0.15, 0.2) is 0 Å². The Balaban J connectivity index is 1.65. The molecule has 2 aromatic rings. The highest BCUT2D eigenvalue weighted by molar-refractivity contribution is 5.47. The van der Waals surface area contributed by atoms with Gasteiger partial charge in [0.2, 0.25) is 0 Å². The van der Waals surface area contributed by atoms with E-state index in [4.69, 9.17) is 14.2 Å². The molecule has 4 heteroatoms. The standard InChI is InChI=1S/C24H35NO3/c1-3-5-6-7-8-17-27-24-15-11-22(12-16-24)25-20-21-9-13-23(14-10-21)28-19-18-26-4-2/h9-16,25H,3-8,17-20H2,1-2H3. The fourth-order valence-electron chi connectivity index (χ4n) is 2.84. The van der Waals surface area contributed by atoms with E-state index >= 15 is 0 Å². The molecule has 0 heterocycles. The summed E-state index contributed by atoms with van der Waals surface area (Å²) in [4.78, 5) is 0. The molecule has 0 unspecified atom stereocenters. The van der Waals surface area contributed by atoms with Crippen molar-refractivity contribution in [2.45, 2.75) is 52.5 Å². The van der Waals surface area contributed by atoms with Gasteiger partial charge >= 0.3 is 0 Å². The Morgan fingerprint density at radius 2 is 1.32 bits per heavy atom. The zero-order valence-corrected chi connectivity index (χ0v) is 17.4. The molecular formula is C24H35NO3. The predicted molar refractivity (Wildman–Crippen MR) is 116 cm³/mol. The minimum absolute atomic E-state index is 0.582. The molecule has 0 bridgehead atoms. The molecule has 154 valence electrons. The van der Waals surface area contributed by atoms with Crippen molar-refractivity contribution in [3.63, 3.8) is 0 Å². The first-order valence-corrected chi connectivity index (χ1v) is 10.6. The van der Waals surface area contributed by atoms with Crippen LogP contribution >= 0.6 is 0 Å². The van der Waals surface area contributed by atoms with Crippen molar-refractivity contribution in [2.75, 3.05) is 31.7 Å². The van der Waals surface area contributed by atoms with Gasteiger partial charge in [-0.15, -0.1) is 0 Å². The van der Waals surface area contributed by atoms with Crippen LogP contribution < -0.4 is 14.8 Å². The molecule has 0 spiro atoms. The van der Waals surface area contributed by atoms with E-state index in [0.29, 0.717) is 13.2 Å². The summed E-state index contributed by atoms with van der Waals surface area (Å²) in [6.45, 7) is 7.72. The SMILES string of the molecule is CCCCCCCOc1ccc(NCc2ccc(OCCOCC)cc2)cc1. The lowest BCUT2D eigenvalue weighted by atomic mass is 10.2. The van der Waals surface area contributed by atoms with Gasteiger partial charge in [-0.25, -0.2) is 0 Å². The molecule has 2 aromatic carbocycles. The number of anilines is 1. The van der Waals surface area contributed by atoms with Crippen LogP contribution in [-0.2, 0) is 11.3 Å². The van der Waals surface area contributed by atoms with Crippen molar-refractivity contribution in [3.8, 4) is 11.5 Å². The lowest BCUT2D eigenvalue weighted by molar-refractivity contribution is 0.110. The smallest absolute Gasteiger partial charge is 0.119 e. The highest BCUT2D eigenvalue weighted by Gasteiger charge is 1.99. The fraction of sp³-hybridized carbons (Fsp3) is 0.500. The van der Waals surface area contributed by atoms with Crippen LogP contribution in [0.3, 0.4) is 0 Å². The highest BCUT2D eigenvalue weighted by atomic mass is 16.5. The van der Waals surface area contributed by atoms with Crippen LogP contribution in [0.5, 0.6) is 11.5 Å². The van der Waals surface area contributed by atoms with Gasteiger partial charge in [-0.3, -0.25) is 0 Å². The van der Waals surface area contributed by atoms with E-state index < -0.39 is 0 Å². The van der Waals surface area contributed by atoms with Crippen molar-refractivity contribution in [1.29, 1.82) is 0 Å². The molecule has 0 aliphatic rings. The Bertz CT molecular complexity index is 625.